The number of rotatable bonds is 5. The van der Waals surface area contributed by atoms with Crippen LogP contribution in [0.4, 0.5) is 0 Å². The molecule has 2 rings (SSSR count). The zero-order valence-electron chi connectivity index (χ0n) is 15.5. The second-order valence-electron chi connectivity index (χ2n) is 6.48. The number of benzene rings is 1. The first-order chi connectivity index (χ1) is 11.7. The van der Waals surface area contributed by atoms with Crippen molar-refractivity contribution in [1.29, 1.82) is 0 Å². The summed E-state index contributed by atoms with van der Waals surface area (Å²) in [5, 5.41) is 6.06. The van der Waals surface area contributed by atoms with Crippen molar-refractivity contribution >= 4 is 35.8 Å². The van der Waals surface area contributed by atoms with Crippen LogP contribution in [0.3, 0.4) is 0 Å². The van der Waals surface area contributed by atoms with Crippen LogP contribution < -0.4 is 10.6 Å². The van der Waals surface area contributed by atoms with E-state index in [9.17, 15) is 4.79 Å². The molecule has 1 heterocycles. The first-order valence-corrected chi connectivity index (χ1v) is 8.93. The Bertz CT molecular complexity index is 550. The highest BCUT2D eigenvalue weighted by molar-refractivity contribution is 14.0. The molecule has 2 atom stereocenters. The molecule has 0 saturated carbocycles. The number of likely N-dealkylation sites (tertiary alicyclic amines) is 1. The zero-order valence-corrected chi connectivity index (χ0v) is 17.8. The fourth-order valence-corrected chi connectivity index (χ4v) is 3.35. The maximum atomic E-state index is 11.8. The first-order valence-electron chi connectivity index (χ1n) is 8.93. The van der Waals surface area contributed by atoms with Gasteiger partial charge >= 0.3 is 0 Å². The van der Waals surface area contributed by atoms with Gasteiger partial charge in [-0.25, -0.2) is 0 Å². The third kappa shape index (κ3) is 6.49. The number of piperidine rings is 1. The Morgan fingerprint density at radius 1 is 1.28 bits per heavy atom. The summed E-state index contributed by atoms with van der Waals surface area (Å²) in [5.74, 6) is 1.98. The standard InChI is InChI=1S/C19H30N4O.HI/c1-4-11-21-18(24)13-22-19(20-3)23-12-10-17(15(2)14-23)16-8-6-5-7-9-16;/h5-9,15,17H,4,10-14H2,1-3H3,(H,20,22)(H,21,24);1H. The molecule has 0 aliphatic carbocycles. The number of carbonyl (C=O) groups is 1. The summed E-state index contributed by atoms with van der Waals surface area (Å²) >= 11 is 0. The average molecular weight is 458 g/mol. The van der Waals surface area contributed by atoms with Crippen LogP contribution in [0.15, 0.2) is 35.3 Å². The van der Waals surface area contributed by atoms with E-state index < -0.39 is 0 Å². The van der Waals surface area contributed by atoms with E-state index in [2.05, 4.69) is 57.8 Å². The molecular weight excluding hydrogens is 427 g/mol. The molecule has 0 radical (unpaired) electrons. The second kappa shape index (κ2) is 11.3. The Labute approximate surface area is 168 Å². The lowest BCUT2D eigenvalue weighted by molar-refractivity contribution is -0.120. The molecule has 2 N–H and O–H groups in total. The van der Waals surface area contributed by atoms with E-state index in [-0.39, 0.29) is 36.4 Å². The molecule has 1 aliphatic rings. The lowest BCUT2D eigenvalue weighted by atomic mass is 9.82. The van der Waals surface area contributed by atoms with E-state index in [4.69, 9.17) is 0 Å². The van der Waals surface area contributed by atoms with Crippen LogP contribution >= 0.6 is 24.0 Å². The Balaban J connectivity index is 0.00000312. The summed E-state index contributed by atoms with van der Waals surface area (Å²) in [6.07, 6.45) is 2.05. The maximum absolute atomic E-state index is 11.8. The quantitative estimate of drug-likeness (QED) is 0.406. The van der Waals surface area contributed by atoms with E-state index in [1.165, 1.54) is 5.56 Å². The van der Waals surface area contributed by atoms with E-state index >= 15 is 0 Å². The van der Waals surface area contributed by atoms with Gasteiger partial charge in [-0.05, 0) is 30.2 Å². The largest absolute Gasteiger partial charge is 0.355 e. The van der Waals surface area contributed by atoms with E-state index in [0.29, 0.717) is 11.8 Å². The lowest BCUT2D eigenvalue weighted by Crippen LogP contribution is -2.50. The van der Waals surface area contributed by atoms with Gasteiger partial charge in [0.25, 0.3) is 0 Å². The summed E-state index contributed by atoms with van der Waals surface area (Å²) in [6, 6.07) is 10.7. The van der Waals surface area contributed by atoms with Gasteiger partial charge < -0.3 is 15.5 Å². The van der Waals surface area contributed by atoms with Crippen LogP contribution in [0, 0.1) is 5.92 Å². The SMILES string of the molecule is CCCNC(=O)CNC(=NC)N1CCC(c2ccccc2)C(C)C1.I. The molecule has 2 unspecified atom stereocenters. The van der Waals surface area contributed by atoms with Gasteiger partial charge in [0, 0.05) is 26.7 Å². The number of nitrogens with zero attached hydrogens (tertiary/aromatic N) is 2. The van der Waals surface area contributed by atoms with Crippen molar-refractivity contribution in [2.24, 2.45) is 10.9 Å². The maximum Gasteiger partial charge on any atom is 0.239 e. The van der Waals surface area contributed by atoms with Gasteiger partial charge in [-0.15, -0.1) is 24.0 Å². The Hall–Kier alpha value is -1.31. The predicted molar refractivity (Wildman–Crippen MR) is 115 cm³/mol. The van der Waals surface area contributed by atoms with Gasteiger partial charge in [0.2, 0.25) is 5.91 Å². The van der Waals surface area contributed by atoms with Gasteiger partial charge in [0.1, 0.15) is 0 Å². The molecule has 5 nitrogen and oxygen atoms in total. The van der Waals surface area contributed by atoms with E-state index in [0.717, 1.165) is 38.4 Å². The van der Waals surface area contributed by atoms with E-state index in [1.807, 2.05) is 6.92 Å². The number of hydrogen-bond donors (Lipinski definition) is 2. The highest BCUT2D eigenvalue weighted by atomic mass is 127. The van der Waals surface area contributed by atoms with Gasteiger partial charge in [-0.3, -0.25) is 9.79 Å². The molecule has 1 saturated heterocycles. The molecule has 6 heteroatoms. The van der Waals surface area contributed by atoms with Crippen molar-refractivity contribution in [2.75, 3.05) is 33.2 Å². The van der Waals surface area contributed by atoms with Crippen LogP contribution in [-0.4, -0.2) is 50.0 Å². The van der Waals surface area contributed by atoms with Crippen LogP contribution in [0.1, 0.15) is 38.2 Å². The van der Waals surface area contributed by atoms with E-state index in [1.54, 1.807) is 7.05 Å². The zero-order chi connectivity index (χ0) is 17.4. The fourth-order valence-electron chi connectivity index (χ4n) is 3.35. The fraction of sp³-hybridized carbons (Fsp3) is 0.579. The van der Waals surface area contributed by atoms with Crippen LogP contribution in [-0.2, 0) is 4.79 Å². The molecule has 0 aromatic heterocycles. The van der Waals surface area contributed by atoms with Crippen LogP contribution in [0.25, 0.3) is 0 Å². The van der Waals surface area contributed by atoms with Gasteiger partial charge in [-0.1, -0.05) is 44.2 Å². The topological polar surface area (TPSA) is 56.7 Å². The van der Waals surface area contributed by atoms with Gasteiger partial charge in [0.05, 0.1) is 6.54 Å². The molecule has 0 spiro atoms. The molecule has 1 aromatic carbocycles. The summed E-state index contributed by atoms with van der Waals surface area (Å²) < 4.78 is 0. The van der Waals surface area contributed by atoms with Crippen molar-refractivity contribution in [3.8, 4) is 0 Å². The molecule has 25 heavy (non-hydrogen) atoms. The molecule has 140 valence electrons. The van der Waals surface area contributed by atoms with Crippen molar-refractivity contribution in [2.45, 2.75) is 32.6 Å². The first kappa shape index (κ1) is 21.7. The number of guanidine groups is 1. The van der Waals surface area contributed by atoms with Crippen LogP contribution in [0.5, 0.6) is 0 Å². The number of carbonyl (C=O) groups excluding carboxylic acids is 1. The average Bonchev–Trinajstić information content (AvgIpc) is 2.61. The minimum atomic E-state index is 0. The predicted octanol–water partition coefficient (Wildman–Crippen LogP) is 2.83. The number of halogens is 1. The van der Waals surface area contributed by atoms with Gasteiger partial charge in [-0.2, -0.15) is 0 Å². The summed E-state index contributed by atoms with van der Waals surface area (Å²) in [5.41, 5.74) is 1.42. The second-order valence-corrected chi connectivity index (χ2v) is 6.48. The molecular formula is C19H31IN4O. The molecule has 1 fully saturated rings. The summed E-state index contributed by atoms with van der Waals surface area (Å²) in [7, 11) is 1.78. The number of hydrogen-bond acceptors (Lipinski definition) is 2. The Morgan fingerprint density at radius 3 is 2.60 bits per heavy atom. The minimum absolute atomic E-state index is 0. The number of nitrogens with one attached hydrogen (secondary N) is 2. The Kier molecular flexibility index (Phi) is 9.85. The van der Waals surface area contributed by atoms with Gasteiger partial charge in [0.15, 0.2) is 5.96 Å². The minimum Gasteiger partial charge on any atom is -0.355 e. The number of amides is 1. The molecule has 1 amide bonds. The summed E-state index contributed by atoms with van der Waals surface area (Å²) in [6.45, 7) is 7.25. The normalized spacial score (nSPS) is 20.6. The third-order valence-electron chi connectivity index (χ3n) is 4.62. The van der Waals surface area contributed by atoms with Crippen LogP contribution in [0.2, 0.25) is 0 Å². The van der Waals surface area contributed by atoms with Crippen molar-refractivity contribution in [3.63, 3.8) is 0 Å². The monoisotopic (exact) mass is 458 g/mol. The van der Waals surface area contributed by atoms with Crippen molar-refractivity contribution in [1.82, 2.24) is 15.5 Å². The summed E-state index contributed by atoms with van der Waals surface area (Å²) in [4.78, 5) is 18.4. The smallest absolute Gasteiger partial charge is 0.239 e. The molecule has 1 aromatic rings. The lowest BCUT2D eigenvalue weighted by Gasteiger charge is -2.38. The van der Waals surface area contributed by atoms with Crippen molar-refractivity contribution < 1.29 is 4.79 Å². The highest BCUT2D eigenvalue weighted by Gasteiger charge is 2.28. The molecule has 1 aliphatic heterocycles. The van der Waals surface area contributed by atoms with Crippen molar-refractivity contribution in [3.05, 3.63) is 35.9 Å². The Morgan fingerprint density at radius 2 is 2.00 bits per heavy atom. The number of aliphatic imine (C=N–C) groups is 1. The highest BCUT2D eigenvalue weighted by Crippen LogP contribution is 2.32. The molecule has 0 bridgehead atoms. The third-order valence-corrected chi connectivity index (χ3v) is 4.62.